The van der Waals surface area contributed by atoms with E-state index in [0.717, 1.165) is 24.1 Å². The molecule has 0 fully saturated rings. The molecule has 0 saturated heterocycles. The summed E-state index contributed by atoms with van der Waals surface area (Å²) in [7, 11) is 0. The molecule has 1 N–H and O–H groups in total. The molecule has 1 aliphatic carbocycles. The maximum atomic E-state index is 12.5. The van der Waals surface area contributed by atoms with Crippen molar-refractivity contribution >= 4 is 17.5 Å². The molecule has 0 aliphatic heterocycles. The summed E-state index contributed by atoms with van der Waals surface area (Å²) in [6.07, 6.45) is 3.34. The molecule has 7 heteroatoms. The van der Waals surface area contributed by atoms with Crippen molar-refractivity contribution in [2.24, 2.45) is 0 Å². The minimum absolute atomic E-state index is 0.0694. The highest BCUT2D eigenvalue weighted by atomic mass is 32.2. The number of phenolic OH excluding ortho intramolecular Hbond substituents is 1. The van der Waals surface area contributed by atoms with Crippen LogP contribution < -0.4 is 0 Å². The van der Waals surface area contributed by atoms with Gasteiger partial charge in [0.1, 0.15) is 5.75 Å². The zero-order valence-corrected chi connectivity index (χ0v) is 14.2. The van der Waals surface area contributed by atoms with E-state index in [-0.39, 0.29) is 17.3 Å². The van der Waals surface area contributed by atoms with E-state index in [0.29, 0.717) is 5.16 Å². The van der Waals surface area contributed by atoms with Gasteiger partial charge in [-0.25, -0.2) is 0 Å². The predicted octanol–water partition coefficient (Wildman–Crippen LogP) is 2.83. The van der Waals surface area contributed by atoms with Gasteiger partial charge in [0, 0.05) is 5.56 Å². The van der Waals surface area contributed by atoms with Crippen LogP contribution in [0.15, 0.2) is 47.6 Å². The molecule has 0 unspecified atom stereocenters. The molecule has 0 saturated carbocycles. The van der Waals surface area contributed by atoms with E-state index in [1.807, 2.05) is 12.1 Å². The Kier molecular flexibility index (Phi) is 4.23. The largest absolute Gasteiger partial charge is 0.508 e. The van der Waals surface area contributed by atoms with Gasteiger partial charge in [-0.3, -0.25) is 4.79 Å². The normalized spacial score (nSPS) is 13.0. The van der Waals surface area contributed by atoms with Gasteiger partial charge >= 0.3 is 0 Å². The highest BCUT2D eigenvalue weighted by molar-refractivity contribution is 7.99. The molecule has 0 amide bonds. The highest BCUT2D eigenvalue weighted by Crippen LogP contribution is 2.25. The summed E-state index contributed by atoms with van der Waals surface area (Å²) in [5.74, 6) is 0.523. The molecular formula is C18H16N4O2S. The summed E-state index contributed by atoms with van der Waals surface area (Å²) in [6, 6.07) is 12.6. The average Bonchev–Trinajstić information content (AvgIpc) is 3.28. The monoisotopic (exact) mass is 352 g/mol. The number of rotatable bonds is 5. The number of phenols is 1. The van der Waals surface area contributed by atoms with E-state index >= 15 is 0 Å². The van der Waals surface area contributed by atoms with Gasteiger partial charge in [-0.05, 0) is 71.1 Å². The highest BCUT2D eigenvalue weighted by Gasteiger charge is 2.16. The van der Waals surface area contributed by atoms with Crippen molar-refractivity contribution in [2.75, 3.05) is 5.75 Å². The number of benzene rings is 2. The lowest BCUT2D eigenvalue weighted by molar-refractivity contribution is 0.102. The molecule has 1 aromatic heterocycles. The van der Waals surface area contributed by atoms with Crippen molar-refractivity contribution in [1.82, 2.24) is 20.2 Å². The van der Waals surface area contributed by atoms with Crippen molar-refractivity contribution in [2.45, 2.75) is 24.4 Å². The van der Waals surface area contributed by atoms with Gasteiger partial charge in [-0.15, -0.1) is 5.10 Å². The van der Waals surface area contributed by atoms with Crippen LogP contribution in [-0.2, 0) is 12.8 Å². The van der Waals surface area contributed by atoms with Crippen molar-refractivity contribution in [3.8, 4) is 11.4 Å². The van der Waals surface area contributed by atoms with E-state index in [1.165, 1.54) is 29.3 Å². The van der Waals surface area contributed by atoms with Gasteiger partial charge < -0.3 is 5.11 Å². The lowest BCUT2D eigenvalue weighted by Gasteiger charge is -2.05. The van der Waals surface area contributed by atoms with Gasteiger partial charge in [-0.1, -0.05) is 23.9 Å². The van der Waals surface area contributed by atoms with E-state index in [9.17, 15) is 9.90 Å². The quantitative estimate of drug-likeness (QED) is 0.562. The Morgan fingerprint density at radius 2 is 1.92 bits per heavy atom. The summed E-state index contributed by atoms with van der Waals surface area (Å²) in [5, 5.41) is 21.6. The molecule has 1 heterocycles. The number of carbonyl (C=O) groups excluding carboxylic acids is 1. The van der Waals surface area contributed by atoms with Crippen LogP contribution in [0.3, 0.4) is 0 Å². The molecule has 3 aromatic rings. The predicted molar refractivity (Wildman–Crippen MR) is 94.3 cm³/mol. The Morgan fingerprint density at radius 3 is 2.76 bits per heavy atom. The number of hydrogen-bond donors (Lipinski definition) is 1. The molecule has 0 spiro atoms. The first kappa shape index (κ1) is 15.8. The van der Waals surface area contributed by atoms with Crippen LogP contribution in [-0.4, -0.2) is 36.8 Å². The second-order valence-electron chi connectivity index (χ2n) is 5.94. The fraction of sp³-hybridized carbons (Fsp3) is 0.222. The third-order valence-electron chi connectivity index (χ3n) is 4.29. The molecule has 0 atom stereocenters. The summed E-state index contributed by atoms with van der Waals surface area (Å²) in [5.41, 5.74) is 4.14. The third-order valence-corrected chi connectivity index (χ3v) is 5.21. The molecular weight excluding hydrogens is 336 g/mol. The molecule has 4 rings (SSSR count). The number of fused-ring (bicyclic) bond motifs is 1. The topological polar surface area (TPSA) is 80.9 Å². The second-order valence-corrected chi connectivity index (χ2v) is 6.88. The first-order chi connectivity index (χ1) is 12.2. The Labute approximate surface area is 148 Å². The Bertz CT molecular complexity index is 921. The summed E-state index contributed by atoms with van der Waals surface area (Å²) >= 11 is 1.30. The summed E-state index contributed by atoms with van der Waals surface area (Å²) in [4.78, 5) is 12.5. The smallest absolute Gasteiger partial charge is 0.214 e. The van der Waals surface area contributed by atoms with Crippen molar-refractivity contribution in [3.63, 3.8) is 0 Å². The number of nitrogens with zero attached hydrogens (tertiary/aromatic N) is 4. The van der Waals surface area contributed by atoms with Crippen LogP contribution in [0.5, 0.6) is 5.75 Å². The number of aromatic nitrogens is 4. The zero-order valence-electron chi connectivity index (χ0n) is 13.4. The van der Waals surface area contributed by atoms with Crippen molar-refractivity contribution < 1.29 is 9.90 Å². The summed E-state index contributed by atoms with van der Waals surface area (Å²) in [6.45, 7) is 0. The van der Waals surface area contributed by atoms with Crippen molar-refractivity contribution in [1.29, 1.82) is 0 Å². The van der Waals surface area contributed by atoms with Gasteiger partial charge in [0.05, 0.1) is 11.4 Å². The van der Waals surface area contributed by atoms with E-state index in [2.05, 4.69) is 21.6 Å². The maximum Gasteiger partial charge on any atom is 0.214 e. The van der Waals surface area contributed by atoms with Gasteiger partial charge in [-0.2, -0.15) is 4.68 Å². The number of aromatic hydroxyl groups is 1. The number of Topliss-reactive ketones (excluding diaryl/α,β-unsaturated/α-hetero) is 1. The maximum absolute atomic E-state index is 12.5. The van der Waals surface area contributed by atoms with E-state index < -0.39 is 0 Å². The molecule has 25 heavy (non-hydrogen) atoms. The van der Waals surface area contributed by atoms with Gasteiger partial charge in [0.15, 0.2) is 5.78 Å². The lowest BCUT2D eigenvalue weighted by Crippen LogP contribution is -2.05. The van der Waals surface area contributed by atoms with Crippen LogP contribution in [0, 0.1) is 0 Å². The number of thioether (sulfide) groups is 1. The Balaban J connectivity index is 1.48. The van der Waals surface area contributed by atoms with E-state index in [1.54, 1.807) is 28.9 Å². The number of ketones is 1. The second kappa shape index (κ2) is 6.68. The number of hydrogen-bond acceptors (Lipinski definition) is 6. The van der Waals surface area contributed by atoms with Gasteiger partial charge in [0.25, 0.3) is 0 Å². The minimum Gasteiger partial charge on any atom is -0.508 e. The molecule has 0 bridgehead atoms. The van der Waals surface area contributed by atoms with E-state index in [4.69, 9.17) is 0 Å². The SMILES string of the molecule is O=C(CSc1nnnn1-c1ccc(O)cc1)c1ccc2c(c1)CCC2. The molecule has 126 valence electrons. The third kappa shape index (κ3) is 3.28. The minimum atomic E-state index is 0.0694. The molecule has 2 aromatic carbocycles. The first-order valence-corrected chi connectivity index (χ1v) is 9.05. The molecule has 6 nitrogen and oxygen atoms in total. The standard InChI is InChI=1S/C18H16N4O2S/c23-16-8-6-15(7-9-16)22-18(19-20-21-22)25-11-17(24)14-5-4-12-2-1-3-13(12)10-14/h4-10,23H,1-3,11H2. The van der Waals surface area contributed by atoms with Gasteiger partial charge in [0.2, 0.25) is 5.16 Å². The van der Waals surface area contributed by atoms with Crippen molar-refractivity contribution in [3.05, 3.63) is 59.2 Å². The first-order valence-electron chi connectivity index (χ1n) is 8.06. The van der Waals surface area contributed by atoms with Crippen LogP contribution in [0.1, 0.15) is 27.9 Å². The summed E-state index contributed by atoms with van der Waals surface area (Å²) < 4.78 is 1.56. The molecule has 1 aliphatic rings. The Morgan fingerprint density at radius 1 is 1.12 bits per heavy atom. The average molecular weight is 352 g/mol. The van der Waals surface area contributed by atoms with Crippen LogP contribution in [0.2, 0.25) is 0 Å². The fourth-order valence-electron chi connectivity index (χ4n) is 2.98. The number of carbonyl (C=O) groups is 1. The number of tetrazole rings is 1. The van der Waals surface area contributed by atoms with Crippen LogP contribution in [0.25, 0.3) is 5.69 Å². The fourth-order valence-corrected chi connectivity index (χ4v) is 3.77. The zero-order chi connectivity index (χ0) is 17.2. The van der Waals surface area contributed by atoms with Crippen LogP contribution in [0.4, 0.5) is 0 Å². The lowest BCUT2D eigenvalue weighted by atomic mass is 10.0. The number of aryl methyl sites for hydroxylation is 2. The molecule has 0 radical (unpaired) electrons. The van der Waals surface area contributed by atoms with Crippen LogP contribution >= 0.6 is 11.8 Å². The Hall–Kier alpha value is -2.67.